The van der Waals surface area contributed by atoms with Crippen LogP contribution >= 0.6 is 11.8 Å². The van der Waals surface area contributed by atoms with Crippen molar-refractivity contribution in [3.63, 3.8) is 0 Å². The number of alkyl halides is 5. The Morgan fingerprint density at radius 3 is 2.40 bits per heavy atom. The average Bonchev–Trinajstić information content (AvgIpc) is 3.06. The normalized spacial score (nSPS) is 17.5. The van der Waals surface area contributed by atoms with Crippen molar-refractivity contribution < 1.29 is 35.9 Å². The van der Waals surface area contributed by atoms with Crippen molar-refractivity contribution in [3.05, 3.63) is 68.8 Å². The monoisotopic (exact) mass is 613 g/mol. The number of halogens is 6. The maximum Gasteiger partial charge on any atom is 0.416 e. The van der Waals surface area contributed by atoms with Gasteiger partial charge in [0.2, 0.25) is 0 Å². The Morgan fingerprint density at radius 1 is 1.07 bits per heavy atom. The Hall–Kier alpha value is -3.15. The molecule has 2 aliphatic rings. The quantitative estimate of drug-likeness (QED) is 0.320. The predicted octanol–water partition coefficient (Wildman–Crippen LogP) is 5.00. The smallest absolute Gasteiger partial charge is 0.373 e. The lowest BCUT2D eigenvalue weighted by atomic mass is 9.97. The van der Waals surface area contributed by atoms with Crippen molar-refractivity contribution in [3.8, 4) is 0 Å². The van der Waals surface area contributed by atoms with Gasteiger partial charge >= 0.3 is 6.18 Å². The van der Waals surface area contributed by atoms with Gasteiger partial charge in [0, 0.05) is 67.3 Å². The summed E-state index contributed by atoms with van der Waals surface area (Å²) in [5, 5.41) is 1.75. The fourth-order valence-corrected chi connectivity index (χ4v) is 5.76. The van der Waals surface area contributed by atoms with Crippen LogP contribution in [0.5, 0.6) is 0 Å². The second-order valence-corrected chi connectivity index (χ2v) is 12.0. The molecule has 2 aliphatic heterocycles. The van der Waals surface area contributed by atoms with Crippen LogP contribution in [0, 0.1) is 18.7 Å². The standard InChI is InChI=1S/C30H33F6N3O2S/c1-4-29(32,33)42-12-11-37-27(40)23-9-7-21-6-5-18(2)38(17-25(21)19(23)3)14-20-15-39(16-20)28(41)24-10-8-22(13-26(24)31)30(34,35)36/h6-10,13,17-18,20H,4-5,11-12,14-16H2,1-3H3,(H,37,40). The first-order chi connectivity index (χ1) is 19.7. The lowest BCUT2D eigenvalue weighted by Gasteiger charge is -2.42. The Kier molecular flexibility index (Phi) is 9.54. The topological polar surface area (TPSA) is 52.7 Å². The van der Waals surface area contributed by atoms with E-state index in [0.29, 0.717) is 49.1 Å². The lowest BCUT2D eigenvalue weighted by Crippen LogP contribution is -2.54. The van der Waals surface area contributed by atoms with Crippen LogP contribution in [0.15, 0.2) is 30.3 Å². The van der Waals surface area contributed by atoms with E-state index in [0.717, 1.165) is 28.5 Å². The van der Waals surface area contributed by atoms with Crippen LogP contribution in [0.4, 0.5) is 26.3 Å². The summed E-state index contributed by atoms with van der Waals surface area (Å²) in [5.74, 6) is -2.03. The van der Waals surface area contributed by atoms with Crippen molar-refractivity contribution in [1.82, 2.24) is 15.1 Å². The van der Waals surface area contributed by atoms with Crippen molar-refractivity contribution in [1.29, 1.82) is 0 Å². The molecule has 2 amide bonds. The zero-order valence-electron chi connectivity index (χ0n) is 23.5. The Morgan fingerprint density at radius 2 is 1.76 bits per heavy atom. The number of nitrogens with one attached hydrogen (secondary N) is 1. The third-order valence-corrected chi connectivity index (χ3v) is 8.81. The van der Waals surface area contributed by atoms with Gasteiger partial charge < -0.3 is 15.1 Å². The number of carbonyl (C=O) groups is 2. The highest BCUT2D eigenvalue weighted by Gasteiger charge is 2.36. The molecule has 1 unspecified atom stereocenters. The van der Waals surface area contributed by atoms with Crippen LogP contribution in [0.25, 0.3) is 12.3 Å². The molecule has 0 saturated carbocycles. The molecule has 2 aromatic rings. The second-order valence-electron chi connectivity index (χ2n) is 10.7. The largest absolute Gasteiger partial charge is 0.416 e. The van der Waals surface area contributed by atoms with E-state index >= 15 is 0 Å². The van der Waals surface area contributed by atoms with Gasteiger partial charge in [0.1, 0.15) is 5.82 Å². The fourth-order valence-electron chi connectivity index (χ4n) is 5.05. The van der Waals surface area contributed by atoms with Gasteiger partial charge in [0.05, 0.1) is 11.1 Å². The minimum absolute atomic E-state index is 0.0669. The maximum atomic E-state index is 14.3. The van der Waals surface area contributed by atoms with E-state index in [2.05, 4.69) is 23.2 Å². The molecule has 1 fully saturated rings. The molecule has 1 saturated heterocycles. The molecule has 4 rings (SSSR count). The van der Waals surface area contributed by atoms with Gasteiger partial charge in [0.25, 0.3) is 17.1 Å². The van der Waals surface area contributed by atoms with E-state index < -0.39 is 34.3 Å². The predicted molar refractivity (Wildman–Crippen MR) is 151 cm³/mol. The Balaban J connectivity index is 1.41. The fraction of sp³-hybridized carbons (Fsp3) is 0.467. The SMILES string of the molecule is CCC(F)(F)SCCNC(=O)c1ccc2c(c1C)=CN(CC1CN(C(=O)c3ccc(C(F)(F)F)cc3F)C1)C(C)CC=2. The van der Waals surface area contributed by atoms with Crippen molar-refractivity contribution >= 4 is 35.9 Å². The number of amides is 2. The van der Waals surface area contributed by atoms with E-state index in [1.807, 2.05) is 19.2 Å². The highest BCUT2D eigenvalue weighted by atomic mass is 32.2. The molecule has 2 heterocycles. The van der Waals surface area contributed by atoms with E-state index in [4.69, 9.17) is 0 Å². The number of hydrogen-bond donors (Lipinski definition) is 1. The first-order valence-corrected chi connectivity index (χ1v) is 14.7. The molecule has 1 atom stereocenters. The summed E-state index contributed by atoms with van der Waals surface area (Å²) in [4.78, 5) is 29.2. The van der Waals surface area contributed by atoms with E-state index in [1.165, 1.54) is 11.8 Å². The molecule has 42 heavy (non-hydrogen) atoms. The van der Waals surface area contributed by atoms with E-state index in [-0.39, 0.29) is 36.6 Å². The molecule has 0 spiro atoms. The van der Waals surface area contributed by atoms with Crippen molar-refractivity contribution in [2.45, 2.75) is 51.1 Å². The first kappa shape index (κ1) is 31.8. The van der Waals surface area contributed by atoms with Gasteiger partial charge in [-0.15, -0.1) is 0 Å². The van der Waals surface area contributed by atoms with Crippen molar-refractivity contribution in [2.75, 3.05) is 31.9 Å². The molecule has 1 N–H and O–H groups in total. The number of benzene rings is 2. The summed E-state index contributed by atoms with van der Waals surface area (Å²) >= 11 is 0.512. The van der Waals surface area contributed by atoms with Crippen LogP contribution in [-0.4, -0.2) is 64.8 Å². The molecule has 5 nitrogen and oxygen atoms in total. The van der Waals surface area contributed by atoms with Gasteiger partial charge in [-0.2, -0.15) is 22.0 Å². The minimum Gasteiger partial charge on any atom is -0.373 e. The van der Waals surface area contributed by atoms with Gasteiger partial charge in [0.15, 0.2) is 0 Å². The van der Waals surface area contributed by atoms with Gasteiger partial charge in [-0.1, -0.05) is 30.8 Å². The molecule has 228 valence electrons. The number of thioether (sulfide) groups is 1. The van der Waals surface area contributed by atoms with Crippen LogP contribution in [-0.2, 0) is 6.18 Å². The summed E-state index contributed by atoms with van der Waals surface area (Å²) in [7, 11) is 0. The van der Waals surface area contributed by atoms with Crippen LogP contribution in [0.2, 0.25) is 0 Å². The first-order valence-electron chi connectivity index (χ1n) is 13.7. The van der Waals surface area contributed by atoms with E-state index in [1.54, 1.807) is 6.07 Å². The number of likely N-dealkylation sites (tertiary alicyclic amines) is 1. The zero-order valence-corrected chi connectivity index (χ0v) is 24.3. The molecule has 0 aromatic heterocycles. The number of fused-ring (bicyclic) bond motifs is 1. The zero-order chi connectivity index (χ0) is 30.8. The lowest BCUT2D eigenvalue weighted by molar-refractivity contribution is -0.137. The molecule has 0 radical (unpaired) electrons. The van der Waals surface area contributed by atoms with Crippen LogP contribution in [0.3, 0.4) is 0 Å². The van der Waals surface area contributed by atoms with Crippen molar-refractivity contribution in [2.24, 2.45) is 5.92 Å². The van der Waals surface area contributed by atoms with Gasteiger partial charge in [-0.05, 0) is 55.3 Å². The average molecular weight is 614 g/mol. The van der Waals surface area contributed by atoms with E-state index in [9.17, 15) is 35.9 Å². The van der Waals surface area contributed by atoms with Gasteiger partial charge in [-0.3, -0.25) is 9.59 Å². The molecule has 12 heteroatoms. The minimum atomic E-state index is -4.70. The van der Waals surface area contributed by atoms with Crippen LogP contribution < -0.4 is 15.8 Å². The molecular formula is C30H33F6N3O2S. The number of nitrogens with zero attached hydrogens (tertiary/aromatic N) is 2. The summed E-state index contributed by atoms with van der Waals surface area (Å²) in [6, 6.07) is 5.64. The van der Waals surface area contributed by atoms with Crippen LogP contribution in [0.1, 0.15) is 58.5 Å². The molecular weight excluding hydrogens is 580 g/mol. The Labute approximate surface area is 244 Å². The summed E-state index contributed by atoms with van der Waals surface area (Å²) in [6.45, 7) is 6.69. The highest BCUT2D eigenvalue weighted by molar-refractivity contribution is 8.00. The number of hydrogen-bond acceptors (Lipinski definition) is 4. The summed E-state index contributed by atoms with van der Waals surface area (Å²) in [5.41, 5.74) is -0.319. The third-order valence-electron chi connectivity index (χ3n) is 7.69. The number of carbonyl (C=O) groups excluding carboxylic acids is 2. The maximum absolute atomic E-state index is 14.3. The molecule has 2 aromatic carbocycles. The molecule has 0 bridgehead atoms. The second kappa shape index (κ2) is 12.6. The third kappa shape index (κ3) is 7.25. The molecule has 0 aliphatic carbocycles. The van der Waals surface area contributed by atoms with Gasteiger partial charge in [-0.25, -0.2) is 4.39 Å². The summed E-state index contributed by atoms with van der Waals surface area (Å²) < 4.78 is 79.8. The Bertz CT molecular complexity index is 1460. The highest BCUT2D eigenvalue weighted by Crippen LogP contribution is 2.32. The summed E-state index contributed by atoms with van der Waals surface area (Å²) in [6.07, 6.45) is -0.142. The number of rotatable bonds is 9.